The molecule has 78 valence electrons. The molecule has 1 aliphatic rings. The monoisotopic (exact) mass is 191 g/mol. The van der Waals surface area contributed by atoms with Crippen LogP contribution in [0, 0.1) is 11.8 Å². The van der Waals surface area contributed by atoms with Crippen molar-refractivity contribution in [2.75, 3.05) is 13.1 Å². The maximum absolute atomic E-state index is 13.6. The van der Waals surface area contributed by atoms with Gasteiger partial charge in [-0.2, -0.15) is 0 Å². The van der Waals surface area contributed by atoms with Gasteiger partial charge in [0, 0.05) is 18.4 Å². The van der Waals surface area contributed by atoms with Gasteiger partial charge in [0.1, 0.15) is 0 Å². The minimum atomic E-state index is -2.50. The molecule has 0 aliphatic carbocycles. The molecule has 1 saturated heterocycles. The summed E-state index contributed by atoms with van der Waals surface area (Å²) in [6, 6.07) is 0. The van der Waals surface area contributed by atoms with Crippen molar-refractivity contribution in [2.24, 2.45) is 11.8 Å². The van der Waals surface area contributed by atoms with Crippen LogP contribution < -0.4 is 5.32 Å². The molecule has 1 N–H and O–H groups in total. The van der Waals surface area contributed by atoms with Crippen molar-refractivity contribution >= 4 is 0 Å². The number of hydrogen-bond donors (Lipinski definition) is 1. The van der Waals surface area contributed by atoms with Crippen LogP contribution in [0.1, 0.15) is 33.1 Å². The van der Waals surface area contributed by atoms with E-state index in [0.717, 1.165) is 19.4 Å². The van der Waals surface area contributed by atoms with Gasteiger partial charge in [0.05, 0.1) is 0 Å². The number of hydrogen-bond acceptors (Lipinski definition) is 1. The highest BCUT2D eigenvalue weighted by atomic mass is 19.3. The van der Waals surface area contributed by atoms with Gasteiger partial charge < -0.3 is 5.32 Å². The van der Waals surface area contributed by atoms with Gasteiger partial charge >= 0.3 is 0 Å². The Labute approximate surface area is 78.9 Å². The molecule has 1 rings (SSSR count). The summed E-state index contributed by atoms with van der Waals surface area (Å²) in [6.45, 7) is 4.58. The fourth-order valence-electron chi connectivity index (χ4n) is 1.82. The largest absolute Gasteiger partial charge is 0.316 e. The molecular weight excluding hydrogens is 172 g/mol. The van der Waals surface area contributed by atoms with Crippen LogP contribution in [0.2, 0.25) is 0 Å². The lowest BCUT2D eigenvalue weighted by Gasteiger charge is -2.29. The lowest BCUT2D eigenvalue weighted by atomic mass is 9.88. The van der Waals surface area contributed by atoms with Crippen molar-refractivity contribution < 1.29 is 8.78 Å². The summed E-state index contributed by atoms with van der Waals surface area (Å²) >= 11 is 0. The van der Waals surface area contributed by atoms with Crippen molar-refractivity contribution in [3.05, 3.63) is 0 Å². The smallest absolute Gasteiger partial charge is 0.254 e. The van der Waals surface area contributed by atoms with E-state index in [-0.39, 0.29) is 0 Å². The van der Waals surface area contributed by atoms with Crippen molar-refractivity contribution in [3.63, 3.8) is 0 Å². The van der Waals surface area contributed by atoms with E-state index >= 15 is 0 Å². The number of halogens is 2. The number of nitrogens with one attached hydrogen (secondary N) is 1. The predicted molar refractivity (Wildman–Crippen MR) is 50.0 cm³/mol. The van der Waals surface area contributed by atoms with Crippen LogP contribution in [0.4, 0.5) is 8.78 Å². The average Bonchev–Trinajstić information content (AvgIpc) is 2.31. The second-order valence-electron chi connectivity index (χ2n) is 4.23. The van der Waals surface area contributed by atoms with Crippen LogP contribution in [0.5, 0.6) is 0 Å². The van der Waals surface area contributed by atoms with Gasteiger partial charge in [-0.1, -0.05) is 20.3 Å². The van der Waals surface area contributed by atoms with Gasteiger partial charge in [-0.3, -0.25) is 0 Å². The molecule has 0 aromatic heterocycles. The molecule has 13 heavy (non-hydrogen) atoms. The first kappa shape index (κ1) is 10.9. The molecule has 0 radical (unpaired) electrons. The van der Waals surface area contributed by atoms with Crippen LogP contribution in [0.3, 0.4) is 0 Å². The van der Waals surface area contributed by atoms with Crippen LogP contribution in [0.25, 0.3) is 0 Å². The molecule has 1 unspecified atom stereocenters. The second-order valence-corrected chi connectivity index (χ2v) is 4.23. The molecule has 1 aliphatic heterocycles. The van der Waals surface area contributed by atoms with Gasteiger partial charge in [-0.15, -0.1) is 0 Å². The minimum absolute atomic E-state index is 0.463. The quantitative estimate of drug-likeness (QED) is 0.707. The molecule has 0 spiro atoms. The Morgan fingerprint density at radius 1 is 1.31 bits per heavy atom. The van der Waals surface area contributed by atoms with Crippen molar-refractivity contribution in [1.29, 1.82) is 0 Å². The zero-order chi connectivity index (χ0) is 9.90. The normalized spacial score (nSPS) is 26.1. The Kier molecular flexibility index (Phi) is 3.65. The number of rotatable bonds is 2. The second kappa shape index (κ2) is 4.36. The zero-order valence-corrected chi connectivity index (χ0v) is 8.45. The van der Waals surface area contributed by atoms with Crippen molar-refractivity contribution in [1.82, 2.24) is 5.32 Å². The molecule has 1 atom stereocenters. The van der Waals surface area contributed by atoms with E-state index in [9.17, 15) is 8.78 Å². The average molecular weight is 191 g/mol. The van der Waals surface area contributed by atoms with Crippen LogP contribution in [0.15, 0.2) is 0 Å². The van der Waals surface area contributed by atoms with Gasteiger partial charge in [-0.25, -0.2) is 8.78 Å². The van der Waals surface area contributed by atoms with Gasteiger partial charge in [-0.05, 0) is 19.4 Å². The number of alkyl halides is 2. The van der Waals surface area contributed by atoms with E-state index in [0.29, 0.717) is 13.0 Å². The fourth-order valence-corrected chi connectivity index (χ4v) is 1.82. The van der Waals surface area contributed by atoms with Crippen LogP contribution in [-0.4, -0.2) is 19.0 Å². The molecule has 0 bridgehead atoms. The van der Waals surface area contributed by atoms with E-state index in [1.165, 1.54) is 0 Å². The summed E-state index contributed by atoms with van der Waals surface area (Å²) in [5, 5.41) is 3.08. The predicted octanol–water partition coefficient (Wildman–Crippen LogP) is 2.67. The Morgan fingerprint density at radius 2 is 2.00 bits per heavy atom. The molecule has 0 saturated carbocycles. The third-order valence-electron chi connectivity index (χ3n) is 2.86. The van der Waals surface area contributed by atoms with Crippen LogP contribution in [-0.2, 0) is 0 Å². The Morgan fingerprint density at radius 3 is 2.62 bits per heavy atom. The summed E-state index contributed by atoms with van der Waals surface area (Å²) in [5.74, 6) is -3.51. The van der Waals surface area contributed by atoms with Gasteiger partial charge in [0.25, 0.3) is 5.92 Å². The van der Waals surface area contributed by atoms with Crippen molar-refractivity contribution in [3.8, 4) is 0 Å². The summed E-state index contributed by atoms with van der Waals surface area (Å²) in [6.07, 6.45) is 2.63. The molecule has 0 amide bonds. The Hall–Kier alpha value is -0.180. The van der Waals surface area contributed by atoms with E-state index < -0.39 is 17.8 Å². The molecule has 1 heterocycles. The maximum Gasteiger partial charge on any atom is 0.254 e. The van der Waals surface area contributed by atoms with E-state index in [2.05, 4.69) is 5.32 Å². The highest BCUT2D eigenvalue weighted by Crippen LogP contribution is 2.35. The first-order valence-electron chi connectivity index (χ1n) is 5.13. The lowest BCUT2D eigenvalue weighted by Crippen LogP contribution is -2.39. The van der Waals surface area contributed by atoms with Gasteiger partial charge in [0.15, 0.2) is 0 Å². The maximum atomic E-state index is 13.6. The summed E-state index contributed by atoms with van der Waals surface area (Å²) < 4.78 is 27.1. The highest BCUT2D eigenvalue weighted by Gasteiger charge is 2.41. The van der Waals surface area contributed by atoms with E-state index in [4.69, 9.17) is 0 Å². The molecule has 0 aromatic rings. The third-order valence-corrected chi connectivity index (χ3v) is 2.86. The SMILES string of the molecule is CC(C)C(F)(F)C1CCCCNC1. The Bertz CT molecular complexity index is 149. The van der Waals surface area contributed by atoms with Crippen LogP contribution >= 0.6 is 0 Å². The van der Waals surface area contributed by atoms with Crippen molar-refractivity contribution in [2.45, 2.75) is 39.0 Å². The Balaban J connectivity index is 2.57. The minimum Gasteiger partial charge on any atom is -0.316 e. The molecule has 1 nitrogen and oxygen atoms in total. The standard InChI is InChI=1S/C10H19F2N/c1-8(2)10(11,12)9-5-3-4-6-13-7-9/h8-9,13H,3-7H2,1-2H3. The van der Waals surface area contributed by atoms with Gasteiger partial charge in [0.2, 0.25) is 0 Å². The molecule has 1 fully saturated rings. The lowest BCUT2D eigenvalue weighted by molar-refractivity contribution is -0.0980. The molecular formula is C10H19F2N. The fraction of sp³-hybridized carbons (Fsp3) is 1.00. The zero-order valence-electron chi connectivity index (χ0n) is 8.45. The first-order valence-corrected chi connectivity index (χ1v) is 5.13. The summed E-state index contributed by atoms with van der Waals surface area (Å²) in [4.78, 5) is 0. The van der Waals surface area contributed by atoms with E-state index in [1.54, 1.807) is 13.8 Å². The highest BCUT2D eigenvalue weighted by molar-refractivity contribution is 4.83. The molecule has 3 heteroatoms. The third kappa shape index (κ3) is 2.63. The molecule has 0 aromatic carbocycles. The first-order chi connectivity index (χ1) is 6.05. The summed E-state index contributed by atoms with van der Waals surface area (Å²) in [7, 11) is 0. The summed E-state index contributed by atoms with van der Waals surface area (Å²) in [5.41, 5.74) is 0. The topological polar surface area (TPSA) is 12.0 Å². The van der Waals surface area contributed by atoms with E-state index in [1.807, 2.05) is 0 Å².